The highest BCUT2D eigenvalue weighted by molar-refractivity contribution is 6.10. The first-order chi connectivity index (χ1) is 9.04. The molecule has 0 saturated carbocycles. The van der Waals surface area contributed by atoms with Gasteiger partial charge in [-0.3, -0.25) is 4.79 Å². The van der Waals surface area contributed by atoms with Gasteiger partial charge < -0.3 is 4.74 Å². The number of ketones is 1. The summed E-state index contributed by atoms with van der Waals surface area (Å²) in [6, 6.07) is 10.1. The maximum absolute atomic E-state index is 13.6. The molecular weight excluding hydrogens is 243 g/mol. The minimum Gasteiger partial charge on any atom is -0.496 e. The van der Waals surface area contributed by atoms with Crippen LogP contribution in [0.4, 0.5) is 4.39 Å². The van der Waals surface area contributed by atoms with Crippen LogP contribution in [-0.2, 0) is 0 Å². The molecule has 0 aliphatic heterocycles. The Hall–Kier alpha value is -2.16. The van der Waals surface area contributed by atoms with Gasteiger partial charge in [-0.1, -0.05) is 12.1 Å². The molecule has 0 bridgehead atoms. The lowest BCUT2D eigenvalue weighted by molar-refractivity contribution is 0.103. The van der Waals surface area contributed by atoms with E-state index in [2.05, 4.69) is 0 Å². The lowest BCUT2D eigenvalue weighted by Crippen LogP contribution is -2.05. The zero-order valence-corrected chi connectivity index (χ0v) is 11.2. The van der Waals surface area contributed by atoms with Gasteiger partial charge in [0.15, 0.2) is 5.78 Å². The van der Waals surface area contributed by atoms with Crippen molar-refractivity contribution in [1.82, 2.24) is 0 Å². The number of hydrogen-bond acceptors (Lipinski definition) is 2. The normalized spacial score (nSPS) is 10.3. The Morgan fingerprint density at radius 3 is 2.26 bits per heavy atom. The average Bonchev–Trinajstić information content (AvgIpc) is 2.43. The van der Waals surface area contributed by atoms with Gasteiger partial charge in [0.05, 0.1) is 12.7 Å². The molecule has 0 saturated heterocycles. The number of para-hydroxylation sites is 1. The maximum atomic E-state index is 13.6. The Bertz CT molecular complexity index is 609. The van der Waals surface area contributed by atoms with E-state index in [-0.39, 0.29) is 11.6 Å². The summed E-state index contributed by atoms with van der Waals surface area (Å²) in [4.78, 5) is 12.4. The van der Waals surface area contributed by atoms with Crippen molar-refractivity contribution in [3.63, 3.8) is 0 Å². The number of carbonyl (C=O) groups is 1. The fraction of sp³-hybridized carbons (Fsp3) is 0.188. The number of methoxy groups -OCH3 is 1. The molecule has 0 spiro atoms. The number of benzene rings is 2. The molecule has 0 aliphatic rings. The van der Waals surface area contributed by atoms with Crippen LogP contribution in [0.1, 0.15) is 27.0 Å². The number of rotatable bonds is 3. The van der Waals surface area contributed by atoms with Crippen LogP contribution < -0.4 is 4.74 Å². The Balaban J connectivity index is 2.50. The van der Waals surface area contributed by atoms with Crippen LogP contribution in [0.15, 0.2) is 36.4 Å². The highest BCUT2D eigenvalue weighted by Gasteiger charge is 2.16. The first-order valence-electron chi connectivity index (χ1n) is 5.99. The van der Waals surface area contributed by atoms with Gasteiger partial charge in [-0.05, 0) is 49.2 Å². The Kier molecular flexibility index (Phi) is 3.65. The standard InChI is InChI=1S/C16H15FO2/c1-10-8-12(9-11(2)15(10)17)16(18)13-6-4-5-7-14(13)19-3/h4-9H,1-3H3. The Morgan fingerprint density at radius 2 is 1.68 bits per heavy atom. The molecule has 0 N–H and O–H groups in total. The number of aryl methyl sites for hydroxylation is 2. The van der Waals surface area contributed by atoms with Crippen LogP contribution >= 0.6 is 0 Å². The number of ether oxygens (including phenoxy) is 1. The van der Waals surface area contributed by atoms with Gasteiger partial charge in [0.2, 0.25) is 0 Å². The first-order valence-corrected chi connectivity index (χ1v) is 5.99. The monoisotopic (exact) mass is 258 g/mol. The Morgan fingerprint density at radius 1 is 1.11 bits per heavy atom. The lowest BCUT2D eigenvalue weighted by Gasteiger charge is -2.09. The molecule has 0 amide bonds. The SMILES string of the molecule is COc1ccccc1C(=O)c1cc(C)c(F)c(C)c1. The number of hydrogen-bond donors (Lipinski definition) is 0. The molecule has 2 aromatic carbocycles. The van der Waals surface area contributed by atoms with Crippen molar-refractivity contribution >= 4 is 5.78 Å². The van der Waals surface area contributed by atoms with Gasteiger partial charge in [0.25, 0.3) is 0 Å². The zero-order valence-electron chi connectivity index (χ0n) is 11.2. The topological polar surface area (TPSA) is 26.3 Å². The molecule has 3 heteroatoms. The minimum atomic E-state index is -0.267. The number of halogens is 1. The van der Waals surface area contributed by atoms with E-state index in [9.17, 15) is 9.18 Å². The summed E-state index contributed by atoms with van der Waals surface area (Å²) < 4.78 is 18.8. The smallest absolute Gasteiger partial charge is 0.196 e. The van der Waals surface area contributed by atoms with Gasteiger partial charge in [0, 0.05) is 5.56 Å². The number of carbonyl (C=O) groups excluding carboxylic acids is 1. The molecule has 2 nitrogen and oxygen atoms in total. The van der Waals surface area contributed by atoms with Gasteiger partial charge in [-0.2, -0.15) is 0 Å². The third kappa shape index (κ3) is 2.50. The van der Waals surface area contributed by atoms with E-state index in [4.69, 9.17) is 4.74 Å². The highest BCUT2D eigenvalue weighted by Crippen LogP contribution is 2.23. The summed E-state index contributed by atoms with van der Waals surface area (Å²) in [7, 11) is 1.52. The van der Waals surface area contributed by atoms with E-state index in [0.29, 0.717) is 28.0 Å². The first kappa shape index (κ1) is 13.3. The van der Waals surface area contributed by atoms with Crippen molar-refractivity contribution in [2.24, 2.45) is 0 Å². The van der Waals surface area contributed by atoms with E-state index in [0.717, 1.165) is 0 Å². The van der Waals surface area contributed by atoms with E-state index in [1.54, 1.807) is 50.2 Å². The van der Waals surface area contributed by atoms with Crippen LogP contribution in [0, 0.1) is 19.7 Å². The van der Waals surface area contributed by atoms with Gasteiger partial charge in [-0.15, -0.1) is 0 Å². The molecule has 0 radical (unpaired) electrons. The molecule has 0 aliphatic carbocycles. The summed E-state index contributed by atoms with van der Waals surface area (Å²) in [5.74, 6) is 0.0901. The summed E-state index contributed by atoms with van der Waals surface area (Å²) in [5.41, 5.74) is 1.90. The van der Waals surface area contributed by atoms with Crippen LogP contribution in [-0.4, -0.2) is 12.9 Å². The molecule has 19 heavy (non-hydrogen) atoms. The molecule has 98 valence electrons. The fourth-order valence-corrected chi connectivity index (χ4v) is 2.06. The fourth-order valence-electron chi connectivity index (χ4n) is 2.06. The summed E-state index contributed by atoms with van der Waals surface area (Å²) in [6.45, 7) is 3.31. The predicted octanol–water partition coefficient (Wildman–Crippen LogP) is 3.68. The zero-order chi connectivity index (χ0) is 14.0. The quantitative estimate of drug-likeness (QED) is 0.785. The molecule has 0 atom stereocenters. The predicted molar refractivity (Wildman–Crippen MR) is 72.3 cm³/mol. The van der Waals surface area contributed by atoms with E-state index in [1.165, 1.54) is 7.11 Å². The summed E-state index contributed by atoms with van der Waals surface area (Å²) in [6.07, 6.45) is 0. The molecule has 2 rings (SSSR count). The molecule has 2 aromatic rings. The largest absolute Gasteiger partial charge is 0.496 e. The van der Waals surface area contributed by atoms with Crippen molar-refractivity contribution in [2.45, 2.75) is 13.8 Å². The van der Waals surface area contributed by atoms with E-state index >= 15 is 0 Å². The average molecular weight is 258 g/mol. The summed E-state index contributed by atoms with van der Waals surface area (Å²) in [5, 5.41) is 0. The third-order valence-electron chi connectivity index (χ3n) is 3.05. The van der Waals surface area contributed by atoms with E-state index in [1.807, 2.05) is 0 Å². The van der Waals surface area contributed by atoms with E-state index < -0.39 is 0 Å². The molecule has 0 aromatic heterocycles. The molecule has 0 fully saturated rings. The van der Waals surface area contributed by atoms with Gasteiger partial charge >= 0.3 is 0 Å². The second kappa shape index (κ2) is 5.22. The lowest BCUT2D eigenvalue weighted by atomic mass is 9.98. The maximum Gasteiger partial charge on any atom is 0.196 e. The van der Waals surface area contributed by atoms with Crippen LogP contribution in [0.2, 0.25) is 0 Å². The van der Waals surface area contributed by atoms with Crippen molar-refractivity contribution in [3.05, 3.63) is 64.5 Å². The van der Waals surface area contributed by atoms with Crippen molar-refractivity contribution in [2.75, 3.05) is 7.11 Å². The second-order valence-corrected chi connectivity index (χ2v) is 4.45. The molecule has 0 heterocycles. The summed E-state index contributed by atoms with van der Waals surface area (Å²) >= 11 is 0. The molecule has 0 unspecified atom stereocenters. The third-order valence-corrected chi connectivity index (χ3v) is 3.05. The van der Waals surface area contributed by atoms with Crippen LogP contribution in [0.5, 0.6) is 5.75 Å². The van der Waals surface area contributed by atoms with Gasteiger partial charge in [0.1, 0.15) is 11.6 Å². The highest BCUT2D eigenvalue weighted by atomic mass is 19.1. The van der Waals surface area contributed by atoms with Crippen LogP contribution in [0.3, 0.4) is 0 Å². The van der Waals surface area contributed by atoms with Crippen molar-refractivity contribution in [3.8, 4) is 5.75 Å². The second-order valence-electron chi connectivity index (χ2n) is 4.45. The van der Waals surface area contributed by atoms with Gasteiger partial charge in [-0.25, -0.2) is 4.39 Å². The van der Waals surface area contributed by atoms with Crippen molar-refractivity contribution in [1.29, 1.82) is 0 Å². The Labute approximate surface area is 111 Å². The molecular formula is C16H15FO2. The van der Waals surface area contributed by atoms with Crippen LogP contribution in [0.25, 0.3) is 0 Å². The van der Waals surface area contributed by atoms with Crippen molar-refractivity contribution < 1.29 is 13.9 Å². The minimum absolute atomic E-state index is 0.163.